The number of aliphatic imine (C=N–C) groups is 1. The first-order valence-corrected chi connectivity index (χ1v) is 6.98. The number of nitrogens with two attached hydrogens (primary N) is 1. The molecule has 110 valence electrons. The summed E-state index contributed by atoms with van der Waals surface area (Å²) in [5, 5.41) is 2.74. The fourth-order valence-electron chi connectivity index (χ4n) is 1.91. The molecule has 3 N–H and O–H groups in total. The van der Waals surface area contributed by atoms with Gasteiger partial charge in [0.1, 0.15) is 0 Å². The lowest BCUT2D eigenvalue weighted by molar-refractivity contribution is -0.114. The van der Waals surface area contributed by atoms with E-state index in [0.717, 1.165) is 25.2 Å². The van der Waals surface area contributed by atoms with Crippen LogP contribution in [-0.4, -0.2) is 36.4 Å². The number of carbonyl (C=O) groups excluding carboxylic acids is 1. The van der Waals surface area contributed by atoms with E-state index in [0.29, 0.717) is 12.5 Å². The number of rotatable bonds is 6. The minimum atomic E-state index is -0.0608. The van der Waals surface area contributed by atoms with Crippen molar-refractivity contribution in [3.63, 3.8) is 0 Å². The van der Waals surface area contributed by atoms with Crippen molar-refractivity contribution < 1.29 is 4.79 Å². The Morgan fingerprint density at radius 3 is 2.35 bits per heavy atom. The predicted octanol–water partition coefficient (Wildman–Crippen LogP) is 1.84. The summed E-state index contributed by atoms with van der Waals surface area (Å²) >= 11 is 0. The third-order valence-electron chi connectivity index (χ3n) is 3.04. The zero-order valence-corrected chi connectivity index (χ0v) is 12.5. The van der Waals surface area contributed by atoms with Crippen LogP contribution in [0.2, 0.25) is 0 Å². The van der Waals surface area contributed by atoms with E-state index < -0.39 is 0 Å². The number of hydrogen-bond acceptors (Lipinski definition) is 2. The molecule has 0 spiro atoms. The van der Waals surface area contributed by atoms with Gasteiger partial charge in [0.25, 0.3) is 0 Å². The summed E-state index contributed by atoms with van der Waals surface area (Å²) in [6, 6.07) is 7.78. The molecule has 0 fully saturated rings. The summed E-state index contributed by atoms with van der Waals surface area (Å²) in [5.74, 6) is 0.541. The summed E-state index contributed by atoms with van der Waals surface area (Å²) in [4.78, 5) is 17.3. The molecule has 0 aliphatic carbocycles. The molecule has 0 saturated carbocycles. The van der Waals surface area contributed by atoms with Gasteiger partial charge in [-0.3, -0.25) is 9.79 Å². The van der Waals surface area contributed by atoms with E-state index >= 15 is 0 Å². The van der Waals surface area contributed by atoms with Crippen LogP contribution in [0.15, 0.2) is 29.3 Å². The molecule has 0 saturated heterocycles. The maximum Gasteiger partial charge on any atom is 0.221 e. The van der Waals surface area contributed by atoms with E-state index in [-0.39, 0.29) is 5.91 Å². The minimum absolute atomic E-state index is 0.0608. The van der Waals surface area contributed by atoms with Crippen LogP contribution in [0.25, 0.3) is 0 Å². The third kappa shape index (κ3) is 5.30. The average molecular weight is 276 g/mol. The highest BCUT2D eigenvalue weighted by Crippen LogP contribution is 2.10. The molecule has 1 rings (SSSR count). The van der Waals surface area contributed by atoms with Gasteiger partial charge in [-0.15, -0.1) is 0 Å². The zero-order valence-electron chi connectivity index (χ0n) is 12.5. The van der Waals surface area contributed by atoms with E-state index in [9.17, 15) is 4.79 Å². The Morgan fingerprint density at radius 2 is 1.85 bits per heavy atom. The van der Waals surface area contributed by atoms with E-state index in [4.69, 9.17) is 5.73 Å². The molecule has 0 atom stereocenters. The second kappa shape index (κ2) is 8.19. The summed E-state index contributed by atoms with van der Waals surface area (Å²) in [5.41, 5.74) is 7.90. The van der Waals surface area contributed by atoms with Crippen molar-refractivity contribution in [2.75, 3.05) is 25.0 Å². The molecular formula is C15H24N4O. The van der Waals surface area contributed by atoms with E-state index in [1.165, 1.54) is 12.5 Å². The van der Waals surface area contributed by atoms with Gasteiger partial charge in [-0.25, -0.2) is 0 Å². The molecule has 0 heterocycles. The summed E-state index contributed by atoms with van der Waals surface area (Å²) in [6.45, 7) is 8.04. The van der Waals surface area contributed by atoms with Crippen LogP contribution in [0.5, 0.6) is 0 Å². The van der Waals surface area contributed by atoms with Crippen LogP contribution in [-0.2, 0) is 11.2 Å². The van der Waals surface area contributed by atoms with Gasteiger partial charge >= 0.3 is 0 Å². The lowest BCUT2D eigenvalue weighted by atomic mass is 10.1. The first-order valence-electron chi connectivity index (χ1n) is 6.98. The molecule has 0 aromatic heterocycles. The third-order valence-corrected chi connectivity index (χ3v) is 3.04. The number of amides is 1. The molecule has 0 unspecified atom stereocenters. The van der Waals surface area contributed by atoms with E-state index in [1.807, 2.05) is 29.2 Å². The van der Waals surface area contributed by atoms with E-state index in [1.54, 1.807) is 0 Å². The summed E-state index contributed by atoms with van der Waals surface area (Å²) in [6.07, 6.45) is 0.836. The minimum Gasteiger partial charge on any atom is -0.370 e. The molecule has 0 aliphatic rings. The number of nitrogens with one attached hydrogen (secondary N) is 1. The molecule has 0 bridgehead atoms. The monoisotopic (exact) mass is 276 g/mol. The van der Waals surface area contributed by atoms with Crippen LogP contribution >= 0.6 is 0 Å². The van der Waals surface area contributed by atoms with E-state index in [2.05, 4.69) is 24.2 Å². The predicted molar refractivity (Wildman–Crippen MR) is 83.9 cm³/mol. The number of guanidine groups is 1. The highest BCUT2D eigenvalue weighted by molar-refractivity contribution is 5.88. The van der Waals surface area contributed by atoms with Crippen molar-refractivity contribution in [1.29, 1.82) is 0 Å². The molecular weight excluding hydrogens is 252 g/mol. The maximum absolute atomic E-state index is 10.9. The van der Waals surface area contributed by atoms with Gasteiger partial charge in [0, 0.05) is 32.2 Å². The van der Waals surface area contributed by atoms with Crippen LogP contribution in [0.4, 0.5) is 5.69 Å². The smallest absolute Gasteiger partial charge is 0.221 e. The standard InChI is InChI=1S/C15H24N4O/c1-4-19(5-2)15(16)17-11-10-13-6-8-14(9-7-13)18-12(3)20/h6-9H,4-5,10-11H2,1-3H3,(H2,16,17)(H,18,20). The van der Waals surface area contributed by atoms with Crippen LogP contribution in [0.1, 0.15) is 26.3 Å². The topological polar surface area (TPSA) is 70.7 Å². The van der Waals surface area contributed by atoms with Gasteiger partial charge in [-0.2, -0.15) is 0 Å². The van der Waals surface area contributed by atoms with Crippen molar-refractivity contribution in [3.05, 3.63) is 29.8 Å². The highest BCUT2D eigenvalue weighted by Gasteiger charge is 2.01. The molecule has 0 aliphatic heterocycles. The number of anilines is 1. The lowest BCUT2D eigenvalue weighted by Gasteiger charge is -2.19. The second-order valence-electron chi connectivity index (χ2n) is 4.54. The first kappa shape index (κ1) is 16.0. The molecule has 1 aromatic rings. The molecule has 5 nitrogen and oxygen atoms in total. The quantitative estimate of drug-likeness (QED) is 0.615. The Hall–Kier alpha value is -2.04. The van der Waals surface area contributed by atoms with Crippen LogP contribution < -0.4 is 11.1 Å². The molecule has 1 aromatic carbocycles. The number of hydrogen-bond donors (Lipinski definition) is 2. The first-order chi connectivity index (χ1) is 9.56. The fourth-order valence-corrected chi connectivity index (χ4v) is 1.91. The van der Waals surface area contributed by atoms with Gasteiger partial charge in [0.05, 0.1) is 0 Å². The Labute approximate surface area is 120 Å². The summed E-state index contributed by atoms with van der Waals surface area (Å²) in [7, 11) is 0. The summed E-state index contributed by atoms with van der Waals surface area (Å²) < 4.78 is 0. The lowest BCUT2D eigenvalue weighted by Crippen LogP contribution is -2.37. The Morgan fingerprint density at radius 1 is 1.25 bits per heavy atom. The van der Waals surface area contributed by atoms with Gasteiger partial charge in [0.15, 0.2) is 5.96 Å². The SMILES string of the molecule is CCN(CC)C(N)=NCCc1ccc(NC(C)=O)cc1. The van der Waals surface area contributed by atoms with Crippen molar-refractivity contribution in [1.82, 2.24) is 4.90 Å². The molecule has 0 radical (unpaired) electrons. The van der Waals surface area contributed by atoms with Crippen molar-refractivity contribution in [2.24, 2.45) is 10.7 Å². The van der Waals surface area contributed by atoms with Crippen molar-refractivity contribution in [3.8, 4) is 0 Å². The Kier molecular flexibility index (Phi) is 6.56. The zero-order chi connectivity index (χ0) is 15.0. The van der Waals surface area contributed by atoms with Crippen molar-refractivity contribution in [2.45, 2.75) is 27.2 Å². The Bertz CT molecular complexity index is 449. The van der Waals surface area contributed by atoms with Gasteiger partial charge < -0.3 is 16.0 Å². The van der Waals surface area contributed by atoms with Crippen LogP contribution in [0, 0.1) is 0 Å². The normalized spacial score (nSPS) is 11.2. The van der Waals surface area contributed by atoms with Crippen LogP contribution in [0.3, 0.4) is 0 Å². The molecule has 20 heavy (non-hydrogen) atoms. The maximum atomic E-state index is 10.9. The largest absolute Gasteiger partial charge is 0.370 e. The highest BCUT2D eigenvalue weighted by atomic mass is 16.1. The fraction of sp³-hybridized carbons (Fsp3) is 0.467. The van der Waals surface area contributed by atoms with Gasteiger partial charge in [-0.1, -0.05) is 12.1 Å². The molecule has 1 amide bonds. The average Bonchev–Trinajstić information content (AvgIpc) is 2.41. The van der Waals surface area contributed by atoms with Crippen molar-refractivity contribution >= 4 is 17.6 Å². The number of nitrogens with zero attached hydrogens (tertiary/aromatic N) is 2. The number of carbonyl (C=O) groups is 1. The number of benzene rings is 1. The Balaban J connectivity index is 2.49. The van der Waals surface area contributed by atoms with Gasteiger partial charge in [0.2, 0.25) is 5.91 Å². The van der Waals surface area contributed by atoms with Gasteiger partial charge in [-0.05, 0) is 38.0 Å². The second-order valence-corrected chi connectivity index (χ2v) is 4.54. The molecule has 5 heteroatoms.